The summed E-state index contributed by atoms with van der Waals surface area (Å²) in [5, 5.41) is 5.64. The maximum absolute atomic E-state index is 5.68. The van der Waals surface area contributed by atoms with Gasteiger partial charge in [0, 0.05) is 35.4 Å². The number of hydrogen-bond donors (Lipinski definition) is 1. The van der Waals surface area contributed by atoms with E-state index in [1.54, 1.807) is 0 Å². The van der Waals surface area contributed by atoms with E-state index in [1.165, 1.54) is 22.0 Å². The van der Waals surface area contributed by atoms with E-state index in [-0.39, 0.29) is 0 Å². The van der Waals surface area contributed by atoms with Crippen molar-refractivity contribution in [1.82, 2.24) is 14.3 Å². The third kappa shape index (κ3) is 2.34. The molecule has 104 valence electrons. The van der Waals surface area contributed by atoms with Crippen LogP contribution in [-0.4, -0.2) is 20.9 Å². The van der Waals surface area contributed by atoms with Crippen LogP contribution in [0.1, 0.15) is 18.1 Å². The molecule has 4 heteroatoms. The van der Waals surface area contributed by atoms with Gasteiger partial charge in [-0.15, -0.1) is 0 Å². The van der Waals surface area contributed by atoms with Gasteiger partial charge in [0.2, 0.25) is 0 Å². The zero-order valence-corrected chi connectivity index (χ0v) is 11.8. The lowest BCUT2D eigenvalue weighted by atomic mass is 10.1. The first-order chi connectivity index (χ1) is 9.81. The molecule has 0 fully saturated rings. The van der Waals surface area contributed by atoms with Gasteiger partial charge in [-0.25, -0.2) is 0 Å². The van der Waals surface area contributed by atoms with Gasteiger partial charge in [0.05, 0.1) is 12.7 Å². The summed E-state index contributed by atoms with van der Waals surface area (Å²) in [4.78, 5) is 0. The molecule has 2 aromatic heterocycles. The van der Waals surface area contributed by atoms with Crippen molar-refractivity contribution in [2.45, 2.75) is 26.4 Å². The van der Waals surface area contributed by atoms with Gasteiger partial charge in [-0.2, -0.15) is 5.10 Å². The lowest BCUT2D eigenvalue weighted by Crippen LogP contribution is -2.03. The summed E-state index contributed by atoms with van der Waals surface area (Å²) in [7, 11) is 0. The Labute approximate surface area is 118 Å². The Morgan fingerprint density at radius 2 is 2.15 bits per heavy atom. The van der Waals surface area contributed by atoms with Crippen LogP contribution >= 0.6 is 0 Å². The molecule has 3 rings (SSSR count). The van der Waals surface area contributed by atoms with Crippen molar-refractivity contribution < 1.29 is 0 Å². The number of benzene rings is 1. The highest BCUT2D eigenvalue weighted by atomic mass is 15.3. The molecule has 20 heavy (non-hydrogen) atoms. The number of aryl methyl sites for hydroxylation is 1. The topological polar surface area (TPSA) is 48.8 Å². The number of aromatic nitrogens is 3. The van der Waals surface area contributed by atoms with Crippen LogP contribution in [0.2, 0.25) is 0 Å². The van der Waals surface area contributed by atoms with E-state index in [9.17, 15) is 0 Å². The fourth-order valence-electron chi connectivity index (χ4n) is 2.66. The predicted octanol–water partition coefficient (Wildman–Crippen LogP) is 2.41. The third-order valence-electron chi connectivity index (χ3n) is 3.68. The molecule has 0 saturated heterocycles. The zero-order valence-electron chi connectivity index (χ0n) is 11.8. The predicted molar refractivity (Wildman–Crippen MR) is 81.7 cm³/mol. The van der Waals surface area contributed by atoms with Gasteiger partial charge >= 0.3 is 0 Å². The number of hydrogen-bond acceptors (Lipinski definition) is 2. The number of nitrogens with zero attached hydrogens (tertiary/aromatic N) is 3. The van der Waals surface area contributed by atoms with Gasteiger partial charge in [0.1, 0.15) is 0 Å². The Morgan fingerprint density at radius 1 is 1.25 bits per heavy atom. The van der Waals surface area contributed by atoms with E-state index in [1.807, 2.05) is 10.9 Å². The molecule has 2 N–H and O–H groups in total. The highest BCUT2D eigenvalue weighted by Crippen LogP contribution is 2.21. The van der Waals surface area contributed by atoms with Gasteiger partial charge in [-0.05, 0) is 37.6 Å². The van der Waals surface area contributed by atoms with Crippen LogP contribution in [0.15, 0.2) is 42.9 Å². The molecule has 2 heterocycles. The van der Waals surface area contributed by atoms with Crippen LogP contribution in [0.3, 0.4) is 0 Å². The second-order valence-electron chi connectivity index (χ2n) is 5.04. The summed E-state index contributed by atoms with van der Waals surface area (Å²) in [5.41, 5.74) is 9.50. The van der Waals surface area contributed by atoms with E-state index in [2.05, 4.69) is 53.2 Å². The van der Waals surface area contributed by atoms with Crippen molar-refractivity contribution in [3.63, 3.8) is 0 Å². The Bertz CT molecular complexity index is 708. The molecular weight excluding hydrogens is 248 g/mol. The summed E-state index contributed by atoms with van der Waals surface area (Å²) >= 11 is 0. The summed E-state index contributed by atoms with van der Waals surface area (Å²) in [6.07, 6.45) is 7.12. The van der Waals surface area contributed by atoms with Crippen LogP contribution < -0.4 is 5.73 Å². The summed E-state index contributed by atoms with van der Waals surface area (Å²) < 4.78 is 4.23. The van der Waals surface area contributed by atoms with Gasteiger partial charge in [0.25, 0.3) is 0 Å². The van der Waals surface area contributed by atoms with Crippen LogP contribution in [0.25, 0.3) is 10.9 Å². The molecule has 0 saturated carbocycles. The molecule has 0 spiro atoms. The Balaban J connectivity index is 1.94. The van der Waals surface area contributed by atoms with Crippen molar-refractivity contribution in [2.24, 2.45) is 5.73 Å². The molecule has 0 radical (unpaired) electrons. The van der Waals surface area contributed by atoms with Gasteiger partial charge in [-0.3, -0.25) is 4.68 Å². The van der Waals surface area contributed by atoms with E-state index < -0.39 is 0 Å². The number of nitrogens with two attached hydrogens (primary N) is 1. The normalized spacial score (nSPS) is 11.3. The monoisotopic (exact) mass is 268 g/mol. The van der Waals surface area contributed by atoms with Crippen molar-refractivity contribution in [2.75, 3.05) is 6.54 Å². The molecule has 4 nitrogen and oxygen atoms in total. The van der Waals surface area contributed by atoms with Crippen LogP contribution in [0.4, 0.5) is 0 Å². The third-order valence-corrected chi connectivity index (χ3v) is 3.68. The lowest BCUT2D eigenvalue weighted by molar-refractivity contribution is 0.658. The Hall–Kier alpha value is -2.07. The molecule has 1 aromatic carbocycles. The summed E-state index contributed by atoms with van der Waals surface area (Å²) in [6, 6.07) is 8.62. The largest absolute Gasteiger partial charge is 0.343 e. The first-order valence-corrected chi connectivity index (χ1v) is 7.10. The molecule has 0 bridgehead atoms. The maximum Gasteiger partial charge on any atom is 0.0539 e. The standard InChI is InChI=1S/C16H20N4/c1-2-20-12-13(10-18-20)11-19-9-7-15-14(6-8-17)4-3-5-16(15)19/h3-5,7,9-10,12H,2,6,8,11,17H2,1H3. The summed E-state index contributed by atoms with van der Waals surface area (Å²) in [6.45, 7) is 4.55. The van der Waals surface area contributed by atoms with Crippen molar-refractivity contribution in [1.29, 1.82) is 0 Å². The average molecular weight is 268 g/mol. The smallest absolute Gasteiger partial charge is 0.0539 e. The lowest BCUT2D eigenvalue weighted by Gasteiger charge is -2.05. The highest BCUT2D eigenvalue weighted by Gasteiger charge is 2.06. The van der Waals surface area contributed by atoms with Crippen molar-refractivity contribution >= 4 is 10.9 Å². The van der Waals surface area contributed by atoms with Gasteiger partial charge in [-0.1, -0.05) is 12.1 Å². The minimum absolute atomic E-state index is 0.688. The van der Waals surface area contributed by atoms with Crippen LogP contribution in [0.5, 0.6) is 0 Å². The molecule has 0 atom stereocenters. The summed E-state index contributed by atoms with van der Waals surface area (Å²) in [5.74, 6) is 0. The van der Waals surface area contributed by atoms with Crippen molar-refractivity contribution in [3.05, 3.63) is 54.0 Å². The van der Waals surface area contributed by atoms with E-state index in [0.717, 1.165) is 19.5 Å². The quantitative estimate of drug-likeness (QED) is 0.772. The van der Waals surface area contributed by atoms with E-state index in [4.69, 9.17) is 5.73 Å². The second-order valence-corrected chi connectivity index (χ2v) is 5.04. The molecular formula is C16H20N4. The zero-order chi connectivity index (χ0) is 13.9. The van der Waals surface area contributed by atoms with Gasteiger partial charge in [0.15, 0.2) is 0 Å². The van der Waals surface area contributed by atoms with Crippen LogP contribution in [0, 0.1) is 0 Å². The second kappa shape index (κ2) is 5.51. The maximum atomic E-state index is 5.68. The molecule has 0 aliphatic heterocycles. The SMILES string of the molecule is CCn1cc(Cn2ccc3c(CCN)cccc32)cn1. The Kier molecular flexibility index (Phi) is 3.56. The molecule has 0 unspecified atom stereocenters. The Morgan fingerprint density at radius 3 is 2.90 bits per heavy atom. The fraction of sp³-hybridized carbons (Fsp3) is 0.312. The minimum atomic E-state index is 0.688. The first kappa shape index (κ1) is 12.9. The van der Waals surface area contributed by atoms with E-state index >= 15 is 0 Å². The molecule has 0 aliphatic carbocycles. The minimum Gasteiger partial charge on any atom is -0.343 e. The molecule has 0 aliphatic rings. The number of rotatable bonds is 5. The molecule has 0 amide bonds. The highest BCUT2D eigenvalue weighted by molar-refractivity contribution is 5.83. The van der Waals surface area contributed by atoms with Crippen molar-refractivity contribution in [3.8, 4) is 0 Å². The fourth-order valence-corrected chi connectivity index (χ4v) is 2.66. The first-order valence-electron chi connectivity index (χ1n) is 7.10. The van der Waals surface area contributed by atoms with Crippen LogP contribution in [-0.2, 0) is 19.5 Å². The van der Waals surface area contributed by atoms with E-state index in [0.29, 0.717) is 6.54 Å². The molecule has 3 aromatic rings. The average Bonchev–Trinajstić information content (AvgIpc) is 3.08. The number of fused-ring (bicyclic) bond motifs is 1. The van der Waals surface area contributed by atoms with Gasteiger partial charge < -0.3 is 10.3 Å².